The molecule has 0 N–H and O–H groups in total. The molecule has 0 unspecified atom stereocenters. The largest absolute Gasteiger partial charge is 0.462 e. The molecule has 0 spiro atoms. The molecule has 0 amide bonds. The molecule has 0 atom stereocenters. The topological polar surface area (TPSA) is 127 Å². The van der Waals surface area contributed by atoms with E-state index in [1.54, 1.807) is 24.8 Å². The fourth-order valence-corrected chi connectivity index (χ4v) is 3.32. The Hall–Kier alpha value is -4.00. The van der Waals surface area contributed by atoms with Crippen molar-refractivity contribution < 1.29 is 42.9 Å². The minimum atomic E-state index is -0.429. The molecule has 13 heteroatoms. The van der Waals surface area contributed by atoms with Crippen molar-refractivity contribution in [1.29, 1.82) is 0 Å². The van der Waals surface area contributed by atoms with E-state index in [1.807, 2.05) is 54.7 Å². The van der Waals surface area contributed by atoms with E-state index in [2.05, 4.69) is 0 Å². The fraction of sp³-hybridized carbons (Fsp3) is 0.636. The Morgan fingerprint density at radius 3 is 1.07 bits per heavy atom. The van der Waals surface area contributed by atoms with E-state index in [9.17, 15) is 19.2 Å². The summed E-state index contributed by atoms with van der Waals surface area (Å²) >= 11 is 0. The third-order valence-corrected chi connectivity index (χ3v) is 6.27. The summed E-state index contributed by atoms with van der Waals surface area (Å²) in [7, 11) is 8.94. The van der Waals surface area contributed by atoms with Crippen molar-refractivity contribution in [3.8, 4) is 0 Å². The molecule has 0 aliphatic carbocycles. The first-order valence-electron chi connectivity index (χ1n) is 15.8. The monoisotopic (exact) mass is 652 g/mol. The summed E-state index contributed by atoms with van der Waals surface area (Å²) in [4.78, 5) is 54.5. The van der Waals surface area contributed by atoms with Crippen molar-refractivity contribution in [2.45, 2.75) is 45.4 Å². The number of hydrogen-bond donors (Lipinski definition) is 0. The number of carbonyl (C=O) groups excluding carboxylic acids is 4. The van der Waals surface area contributed by atoms with Crippen molar-refractivity contribution >= 4 is 23.9 Å². The Kier molecular flexibility index (Phi) is 26.0. The van der Waals surface area contributed by atoms with Crippen LogP contribution in [0.3, 0.4) is 0 Å². The predicted molar refractivity (Wildman–Crippen MR) is 176 cm³/mol. The zero-order valence-corrected chi connectivity index (χ0v) is 28.7. The van der Waals surface area contributed by atoms with E-state index in [0.29, 0.717) is 52.6 Å². The predicted octanol–water partition coefficient (Wildman–Crippen LogP) is 2.95. The summed E-state index contributed by atoms with van der Waals surface area (Å²) in [6.45, 7) is 6.27. The van der Waals surface area contributed by atoms with Gasteiger partial charge in [0.2, 0.25) is 0 Å². The molecule has 0 aromatic carbocycles. The summed E-state index contributed by atoms with van der Waals surface area (Å²) in [5.74, 6) is -1.59. The minimum absolute atomic E-state index is 0.212. The third kappa shape index (κ3) is 27.5. The Labute approximate surface area is 275 Å². The maximum Gasteiger partial charge on any atom is 0.332 e. The Balaban J connectivity index is 3.90. The van der Waals surface area contributed by atoms with Gasteiger partial charge in [0.15, 0.2) is 0 Å². The van der Waals surface area contributed by atoms with Gasteiger partial charge in [0, 0.05) is 111 Å². The highest BCUT2D eigenvalue weighted by Gasteiger charge is 2.03. The molecule has 0 aliphatic heterocycles. The van der Waals surface area contributed by atoms with E-state index in [-0.39, 0.29) is 12.6 Å². The smallest absolute Gasteiger partial charge is 0.332 e. The highest BCUT2D eigenvalue weighted by molar-refractivity contribution is 5.82. The van der Waals surface area contributed by atoms with E-state index in [0.717, 1.165) is 38.5 Å². The van der Waals surface area contributed by atoms with Crippen LogP contribution in [0.15, 0.2) is 49.1 Å². The first-order chi connectivity index (χ1) is 22.1. The quantitative estimate of drug-likeness (QED) is 0.0559. The maximum atomic E-state index is 12.0. The second-order valence-corrected chi connectivity index (χ2v) is 10.6. The van der Waals surface area contributed by atoms with E-state index in [4.69, 9.17) is 23.7 Å². The Morgan fingerprint density at radius 1 is 0.457 bits per heavy atom. The van der Waals surface area contributed by atoms with Gasteiger partial charge in [-0.2, -0.15) is 0 Å². The summed E-state index contributed by atoms with van der Waals surface area (Å²) in [5.41, 5.74) is 0. The highest BCUT2D eigenvalue weighted by Crippen LogP contribution is 2.02. The molecule has 0 aromatic heterocycles. The van der Waals surface area contributed by atoms with Crippen LogP contribution in [0.2, 0.25) is 0 Å². The average molecular weight is 653 g/mol. The van der Waals surface area contributed by atoms with Gasteiger partial charge in [0.1, 0.15) is 6.61 Å². The van der Waals surface area contributed by atoms with Crippen LogP contribution in [-0.2, 0) is 42.9 Å². The number of methoxy groups -OCH3 is 1. The van der Waals surface area contributed by atoms with E-state index < -0.39 is 17.9 Å². The van der Waals surface area contributed by atoms with Crippen molar-refractivity contribution in [2.24, 2.45) is 0 Å². The number of rotatable bonds is 27. The molecule has 0 radical (unpaired) electrons. The fourth-order valence-electron chi connectivity index (χ4n) is 3.32. The first-order valence-corrected chi connectivity index (χ1v) is 15.8. The number of likely N-dealkylation sites (N-methyl/N-ethyl adjacent to an activating group) is 4. The molecule has 0 heterocycles. The van der Waals surface area contributed by atoms with Crippen LogP contribution in [0.1, 0.15) is 45.4 Å². The van der Waals surface area contributed by atoms with E-state index in [1.165, 1.54) is 31.4 Å². The second-order valence-electron chi connectivity index (χ2n) is 10.6. The lowest BCUT2D eigenvalue weighted by molar-refractivity contribution is -0.139. The van der Waals surface area contributed by atoms with Gasteiger partial charge in [-0.3, -0.25) is 0 Å². The van der Waals surface area contributed by atoms with Gasteiger partial charge in [-0.1, -0.05) is 13.3 Å². The molecule has 0 fully saturated rings. The zero-order valence-electron chi connectivity index (χ0n) is 28.7. The van der Waals surface area contributed by atoms with Gasteiger partial charge in [-0.15, -0.1) is 0 Å². The maximum absolute atomic E-state index is 12.0. The van der Waals surface area contributed by atoms with E-state index >= 15 is 0 Å². The summed E-state index contributed by atoms with van der Waals surface area (Å²) in [5, 5.41) is 0. The molecular weight excluding hydrogens is 596 g/mol. The lowest BCUT2D eigenvalue weighted by Gasteiger charge is -2.19. The van der Waals surface area contributed by atoms with Crippen molar-refractivity contribution in [3.05, 3.63) is 49.1 Å². The SMILES string of the molecule is CCCCOC(=O)/C=C/N(C)CCN(C)/C=C/C(=O)OCCCCCCOC(=O)/C=C/N(C)CCN(C)/C=C/C(=O)OCCOC. The summed E-state index contributed by atoms with van der Waals surface area (Å²) < 4.78 is 25.3. The van der Waals surface area contributed by atoms with Gasteiger partial charge < -0.3 is 43.3 Å². The van der Waals surface area contributed by atoms with Crippen LogP contribution >= 0.6 is 0 Å². The highest BCUT2D eigenvalue weighted by atomic mass is 16.6. The molecule has 262 valence electrons. The number of carbonyl (C=O) groups is 4. The van der Waals surface area contributed by atoms with Crippen molar-refractivity contribution in [2.75, 3.05) is 94.5 Å². The lowest BCUT2D eigenvalue weighted by atomic mass is 10.2. The van der Waals surface area contributed by atoms with Crippen molar-refractivity contribution in [3.63, 3.8) is 0 Å². The van der Waals surface area contributed by atoms with Crippen molar-refractivity contribution in [1.82, 2.24) is 19.6 Å². The normalized spacial score (nSPS) is 11.3. The molecule has 0 bridgehead atoms. The molecule has 0 rings (SSSR count). The molecule has 0 aliphatic rings. The van der Waals surface area contributed by atoms with Gasteiger partial charge in [-0.05, 0) is 32.1 Å². The summed E-state index contributed by atoms with van der Waals surface area (Å²) in [6.07, 6.45) is 17.2. The second kappa shape index (κ2) is 28.5. The van der Waals surface area contributed by atoms with Gasteiger partial charge in [0.25, 0.3) is 0 Å². The van der Waals surface area contributed by atoms with Crippen LogP contribution in [-0.4, -0.2) is 138 Å². The third-order valence-electron chi connectivity index (χ3n) is 6.27. The average Bonchev–Trinajstić information content (AvgIpc) is 3.03. The van der Waals surface area contributed by atoms with Gasteiger partial charge in [-0.25, -0.2) is 19.2 Å². The molecule has 46 heavy (non-hydrogen) atoms. The van der Waals surface area contributed by atoms with Crippen LogP contribution < -0.4 is 0 Å². The number of unbranched alkanes of at least 4 members (excludes halogenated alkanes) is 4. The number of esters is 4. The lowest BCUT2D eigenvalue weighted by Crippen LogP contribution is -2.25. The number of nitrogens with zero attached hydrogens (tertiary/aromatic N) is 4. The zero-order chi connectivity index (χ0) is 34.4. The number of ether oxygens (including phenoxy) is 5. The Bertz CT molecular complexity index is 893. The first kappa shape index (κ1) is 42.0. The van der Waals surface area contributed by atoms with Crippen LogP contribution in [0.4, 0.5) is 0 Å². The number of hydrogen-bond acceptors (Lipinski definition) is 13. The minimum Gasteiger partial charge on any atom is -0.462 e. The molecular formula is C33H56N4O9. The van der Waals surface area contributed by atoms with Gasteiger partial charge >= 0.3 is 23.9 Å². The van der Waals surface area contributed by atoms with Crippen LogP contribution in [0, 0.1) is 0 Å². The Morgan fingerprint density at radius 2 is 0.761 bits per heavy atom. The molecule has 0 saturated carbocycles. The molecule has 0 saturated heterocycles. The van der Waals surface area contributed by atoms with Crippen LogP contribution in [0.25, 0.3) is 0 Å². The summed E-state index contributed by atoms with van der Waals surface area (Å²) in [6, 6.07) is 0. The van der Waals surface area contributed by atoms with Gasteiger partial charge in [0.05, 0.1) is 26.4 Å². The molecule has 13 nitrogen and oxygen atoms in total. The standard InChI is InChI=1S/C33H56N4O9/c1-7-8-25-43-30(38)13-17-34(2)21-22-35(3)18-14-31(39)44-26-11-9-10-12-27-45-32(40)15-19-36(4)23-24-37(5)20-16-33(41)46-29-28-42-6/h13-20H,7-12,21-29H2,1-6H3/b17-13+,18-14+,19-15+,20-16+. The molecule has 0 aromatic rings. The van der Waals surface area contributed by atoms with Crippen LogP contribution in [0.5, 0.6) is 0 Å².